The molecule has 7 heteroatoms. The van der Waals surface area contributed by atoms with Gasteiger partial charge < -0.3 is 9.84 Å². The van der Waals surface area contributed by atoms with E-state index in [1.807, 2.05) is 0 Å². The topological polar surface area (TPSA) is 59.4 Å². The standard InChI is InChI=1S/C8H6Cl3NO3/c1-3(8(13)14)15-7-5(10)2-4(9)6(11)12-7/h2-3H,1H3,(H,13,14). The number of carboxylic acids is 1. The molecule has 1 aromatic heterocycles. The van der Waals surface area contributed by atoms with Crippen molar-refractivity contribution in [2.24, 2.45) is 0 Å². The lowest BCUT2D eigenvalue weighted by molar-refractivity contribution is -0.144. The minimum atomic E-state index is -1.13. The molecule has 0 radical (unpaired) electrons. The third-order valence-electron chi connectivity index (χ3n) is 1.49. The van der Waals surface area contributed by atoms with E-state index in [0.29, 0.717) is 0 Å². The second kappa shape index (κ2) is 4.88. The van der Waals surface area contributed by atoms with E-state index < -0.39 is 12.1 Å². The van der Waals surface area contributed by atoms with Gasteiger partial charge in [-0.1, -0.05) is 34.8 Å². The van der Waals surface area contributed by atoms with Crippen LogP contribution >= 0.6 is 34.8 Å². The predicted molar refractivity (Wildman–Crippen MR) is 57.0 cm³/mol. The van der Waals surface area contributed by atoms with Crippen LogP contribution in [0, 0.1) is 0 Å². The molecule has 0 saturated heterocycles. The summed E-state index contributed by atoms with van der Waals surface area (Å²) >= 11 is 17.0. The summed E-state index contributed by atoms with van der Waals surface area (Å²) in [6, 6.07) is 1.34. The SMILES string of the molecule is CC(Oc1nc(Cl)c(Cl)cc1Cl)C(=O)O. The van der Waals surface area contributed by atoms with Crippen LogP contribution in [-0.2, 0) is 4.79 Å². The molecule has 1 aromatic rings. The molecule has 4 nitrogen and oxygen atoms in total. The van der Waals surface area contributed by atoms with Crippen LogP contribution < -0.4 is 4.74 Å². The zero-order valence-electron chi connectivity index (χ0n) is 7.50. The van der Waals surface area contributed by atoms with Gasteiger partial charge in [0.2, 0.25) is 5.88 Å². The molecule has 0 aliphatic heterocycles. The van der Waals surface area contributed by atoms with Crippen LogP contribution in [0.2, 0.25) is 15.2 Å². The Morgan fingerprint density at radius 2 is 2.07 bits per heavy atom. The zero-order chi connectivity index (χ0) is 11.6. The molecule has 0 saturated carbocycles. The summed E-state index contributed by atoms with van der Waals surface area (Å²) in [5.74, 6) is -1.18. The normalized spacial score (nSPS) is 12.3. The predicted octanol–water partition coefficient (Wildman–Crippen LogP) is 2.89. The van der Waals surface area contributed by atoms with Crippen LogP contribution in [0.5, 0.6) is 5.88 Å². The summed E-state index contributed by atoms with van der Waals surface area (Å²) in [6.07, 6.45) is -1.06. The van der Waals surface area contributed by atoms with Crippen molar-refractivity contribution in [3.05, 3.63) is 21.3 Å². The van der Waals surface area contributed by atoms with Gasteiger partial charge in [0.25, 0.3) is 0 Å². The molecule has 0 spiro atoms. The number of hydrogen-bond acceptors (Lipinski definition) is 3. The highest BCUT2D eigenvalue weighted by Crippen LogP contribution is 2.30. The number of pyridine rings is 1. The quantitative estimate of drug-likeness (QED) is 0.858. The second-order valence-electron chi connectivity index (χ2n) is 2.65. The van der Waals surface area contributed by atoms with E-state index in [4.69, 9.17) is 44.6 Å². The molecule has 1 N–H and O–H groups in total. The zero-order valence-corrected chi connectivity index (χ0v) is 9.77. The van der Waals surface area contributed by atoms with Crippen LogP contribution in [-0.4, -0.2) is 22.2 Å². The molecule has 0 amide bonds. The smallest absolute Gasteiger partial charge is 0.344 e. The lowest BCUT2D eigenvalue weighted by atomic mass is 10.4. The molecule has 1 unspecified atom stereocenters. The van der Waals surface area contributed by atoms with Crippen LogP contribution in [0.1, 0.15) is 6.92 Å². The number of ether oxygens (including phenoxy) is 1. The molecule has 0 aliphatic carbocycles. The highest BCUT2D eigenvalue weighted by Gasteiger charge is 2.16. The molecule has 82 valence electrons. The Hall–Kier alpha value is -0.710. The van der Waals surface area contributed by atoms with Gasteiger partial charge in [0, 0.05) is 0 Å². The van der Waals surface area contributed by atoms with Gasteiger partial charge in [-0.05, 0) is 13.0 Å². The Kier molecular flexibility index (Phi) is 4.02. The summed E-state index contributed by atoms with van der Waals surface area (Å²) in [5, 5.41) is 8.90. The van der Waals surface area contributed by atoms with Crippen molar-refractivity contribution in [1.29, 1.82) is 0 Å². The van der Waals surface area contributed by atoms with Crippen molar-refractivity contribution in [2.75, 3.05) is 0 Å². The first-order valence-corrected chi connectivity index (χ1v) is 4.96. The molecule has 1 atom stereocenters. The average molecular weight is 270 g/mol. The van der Waals surface area contributed by atoms with Gasteiger partial charge in [-0.3, -0.25) is 0 Å². The minimum absolute atomic E-state index is 0.00801. The molecule has 1 rings (SSSR count). The third-order valence-corrected chi connectivity index (χ3v) is 2.43. The largest absolute Gasteiger partial charge is 0.479 e. The molecule has 0 fully saturated rings. The van der Waals surface area contributed by atoms with E-state index in [9.17, 15) is 4.79 Å². The first-order valence-electron chi connectivity index (χ1n) is 3.83. The van der Waals surface area contributed by atoms with Gasteiger partial charge in [0.05, 0.1) is 5.02 Å². The molecule has 15 heavy (non-hydrogen) atoms. The number of rotatable bonds is 3. The van der Waals surface area contributed by atoms with E-state index in [1.54, 1.807) is 0 Å². The van der Waals surface area contributed by atoms with E-state index in [0.717, 1.165) is 0 Å². The van der Waals surface area contributed by atoms with E-state index >= 15 is 0 Å². The van der Waals surface area contributed by atoms with Crippen LogP contribution in [0.3, 0.4) is 0 Å². The van der Waals surface area contributed by atoms with Crippen molar-refractivity contribution < 1.29 is 14.6 Å². The number of hydrogen-bond donors (Lipinski definition) is 1. The lowest BCUT2D eigenvalue weighted by Gasteiger charge is -2.11. The van der Waals surface area contributed by atoms with Gasteiger partial charge in [-0.15, -0.1) is 0 Å². The molecular formula is C8H6Cl3NO3. The first kappa shape index (κ1) is 12.4. The van der Waals surface area contributed by atoms with Gasteiger partial charge in [-0.25, -0.2) is 4.79 Å². The number of carboxylic acid groups (broad SMARTS) is 1. The van der Waals surface area contributed by atoms with Gasteiger partial charge >= 0.3 is 5.97 Å². The van der Waals surface area contributed by atoms with Gasteiger partial charge in [-0.2, -0.15) is 4.98 Å². The van der Waals surface area contributed by atoms with E-state index in [-0.39, 0.29) is 21.1 Å². The van der Waals surface area contributed by atoms with Gasteiger partial charge in [0.15, 0.2) is 11.3 Å². The van der Waals surface area contributed by atoms with Crippen LogP contribution in [0.15, 0.2) is 6.07 Å². The Morgan fingerprint density at radius 3 is 2.60 bits per heavy atom. The van der Waals surface area contributed by atoms with Gasteiger partial charge in [0.1, 0.15) is 5.02 Å². The summed E-state index contributed by atoms with van der Waals surface area (Å²) in [6.45, 7) is 1.35. The summed E-state index contributed by atoms with van der Waals surface area (Å²) in [5.41, 5.74) is 0. The minimum Gasteiger partial charge on any atom is -0.479 e. The van der Waals surface area contributed by atoms with E-state index in [2.05, 4.69) is 4.98 Å². The fourth-order valence-electron chi connectivity index (χ4n) is 0.729. The number of nitrogens with zero attached hydrogens (tertiary/aromatic N) is 1. The monoisotopic (exact) mass is 269 g/mol. The molecule has 1 heterocycles. The number of aliphatic carboxylic acids is 1. The first-order chi connectivity index (χ1) is 6.91. The van der Waals surface area contributed by atoms with Crippen molar-refractivity contribution >= 4 is 40.8 Å². The van der Waals surface area contributed by atoms with E-state index in [1.165, 1.54) is 13.0 Å². The maximum atomic E-state index is 10.5. The Bertz CT molecular complexity index is 397. The molecule has 0 bridgehead atoms. The number of carbonyl (C=O) groups is 1. The lowest BCUT2D eigenvalue weighted by Crippen LogP contribution is -2.23. The number of aromatic nitrogens is 1. The Labute approximate surface area is 101 Å². The van der Waals surface area contributed by atoms with Crippen molar-refractivity contribution in [2.45, 2.75) is 13.0 Å². The third kappa shape index (κ3) is 3.12. The highest BCUT2D eigenvalue weighted by molar-refractivity contribution is 6.42. The average Bonchev–Trinajstić information content (AvgIpc) is 2.13. The maximum Gasteiger partial charge on any atom is 0.344 e. The van der Waals surface area contributed by atoms with Crippen LogP contribution in [0.25, 0.3) is 0 Å². The second-order valence-corrected chi connectivity index (χ2v) is 3.82. The van der Waals surface area contributed by atoms with Crippen molar-refractivity contribution in [3.63, 3.8) is 0 Å². The van der Waals surface area contributed by atoms with Crippen molar-refractivity contribution in [3.8, 4) is 5.88 Å². The highest BCUT2D eigenvalue weighted by atomic mass is 35.5. The number of halogens is 3. The van der Waals surface area contributed by atoms with Crippen LogP contribution in [0.4, 0.5) is 0 Å². The Morgan fingerprint density at radius 1 is 1.47 bits per heavy atom. The fourth-order valence-corrected chi connectivity index (χ4v) is 1.26. The summed E-state index contributed by atoms with van der Waals surface area (Å²) in [7, 11) is 0. The van der Waals surface area contributed by atoms with Crippen molar-refractivity contribution in [1.82, 2.24) is 4.98 Å². The Balaban J connectivity index is 2.95. The summed E-state index contributed by atoms with van der Waals surface area (Å²) < 4.78 is 4.96. The summed E-state index contributed by atoms with van der Waals surface area (Å²) in [4.78, 5) is 14.2. The molecular weight excluding hydrogens is 264 g/mol. The maximum absolute atomic E-state index is 10.5. The molecule has 0 aromatic carbocycles. The fraction of sp³-hybridized carbons (Fsp3) is 0.250. The molecule has 0 aliphatic rings.